The molecule has 0 aliphatic rings. The first-order chi connectivity index (χ1) is 15.1. The van der Waals surface area contributed by atoms with Gasteiger partial charge in [0.15, 0.2) is 0 Å². The van der Waals surface area contributed by atoms with Crippen molar-refractivity contribution in [2.24, 2.45) is 0 Å². The number of halogens is 2. The Bertz CT molecular complexity index is 901. The van der Waals surface area contributed by atoms with E-state index < -0.39 is 6.04 Å². The number of thioether (sulfide) groups is 1. The Balaban J connectivity index is 2.09. The van der Waals surface area contributed by atoms with Crippen molar-refractivity contribution in [3.8, 4) is 0 Å². The molecular weight excluding hydrogens is 463 g/mol. The second kappa shape index (κ2) is 12.5. The van der Waals surface area contributed by atoms with Crippen LogP contribution in [0, 0.1) is 0 Å². The highest BCUT2D eigenvalue weighted by Crippen LogP contribution is 2.25. The van der Waals surface area contributed by atoms with Gasteiger partial charge in [0.1, 0.15) is 6.04 Å². The van der Waals surface area contributed by atoms with Gasteiger partial charge in [-0.25, -0.2) is 0 Å². The van der Waals surface area contributed by atoms with Gasteiger partial charge >= 0.3 is 0 Å². The number of carbonyl (C=O) groups excluding carboxylic acids is 2. The third-order valence-electron chi connectivity index (χ3n) is 4.85. The average Bonchev–Trinajstić information content (AvgIpc) is 2.73. The number of carbonyl (C=O) groups is 2. The topological polar surface area (TPSA) is 49.4 Å². The van der Waals surface area contributed by atoms with Crippen LogP contribution >= 0.6 is 35.0 Å². The van der Waals surface area contributed by atoms with Gasteiger partial charge in [0.2, 0.25) is 11.8 Å². The summed E-state index contributed by atoms with van der Waals surface area (Å²) in [6, 6.07) is 15.0. The minimum Gasteiger partial charge on any atom is -0.350 e. The van der Waals surface area contributed by atoms with E-state index in [4.69, 9.17) is 23.2 Å². The van der Waals surface area contributed by atoms with Gasteiger partial charge in [0.25, 0.3) is 0 Å². The van der Waals surface area contributed by atoms with Crippen molar-refractivity contribution in [1.29, 1.82) is 0 Å². The van der Waals surface area contributed by atoms with E-state index in [0.29, 0.717) is 35.2 Å². The Morgan fingerprint density at radius 3 is 2.31 bits per heavy atom. The summed E-state index contributed by atoms with van der Waals surface area (Å²) < 4.78 is 0. The molecule has 2 aromatic rings. The number of nitrogens with zero attached hydrogens (tertiary/aromatic N) is 1. The summed E-state index contributed by atoms with van der Waals surface area (Å²) in [5.74, 6) is 0.770. The molecule has 1 atom stereocenters. The van der Waals surface area contributed by atoms with Gasteiger partial charge in [-0.1, -0.05) is 66.5 Å². The number of benzene rings is 2. The fourth-order valence-electron chi connectivity index (χ4n) is 3.32. The number of amides is 2. The van der Waals surface area contributed by atoms with Crippen LogP contribution in [0.15, 0.2) is 48.5 Å². The lowest BCUT2D eigenvalue weighted by molar-refractivity contribution is -0.139. The van der Waals surface area contributed by atoms with Crippen molar-refractivity contribution in [3.05, 3.63) is 69.7 Å². The van der Waals surface area contributed by atoms with E-state index in [0.717, 1.165) is 11.1 Å². The highest BCUT2D eigenvalue weighted by molar-refractivity contribution is 7.99. The summed E-state index contributed by atoms with van der Waals surface area (Å²) in [5, 5.41) is 4.05. The molecule has 1 N–H and O–H groups in total. The molecule has 2 amide bonds. The van der Waals surface area contributed by atoms with Crippen LogP contribution in [-0.2, 0) is 21.8 Å². The van der Waals surface area contributed by atoms with Crippen LogP contribution in [-0.4, -0.2) is 40.6 Å². The predicted octanol–water partition coefficient (Wildman–Crippen LogP) is 5.99. The minimum atomic E-state index is -0.504. The molecule has 4 nitrogen and oxygen atoms in total. The van der Waals surface area contributed by atoms with E-state index >= 15 is 0 Å². The lowest BCUT2D eigenvalue weighted by Crippen LogP contribution is -2.54. The Labute approximate surface area is 206 Å². The summed E-state index contributed by atoms with van der Waals surface area (Å²) >= 11 is 13.6. The van der Waals surface area contributed by atoms with Gasteiger partial charge < -0.3 is 10.2 Å². The standard InChI is InChI=1S/C25H32Cl2N2O2S/c1-5-22(24(31)28-25(2,3)4)29(14-13-18-9-7-6-8-10-18)23(30)17-32-16-19-11-12-20(26)21(27)15-19/h6-12,15,22H,5,13-14,16-17H2,1-4H3,(H,28,31)/t22-/m1/s1. The molecule has 0 unspecified atom stereocenters. The summed E-state index contributed by atoms with van der Waals surface area (Å²) in [6.07, 6.45) is 1.25. The normalized spacial score (nSPS) is 12.3. The van der Waals surface area contributed by atoms with Crippen molar-refractivity contribution < 1.29 is 9.59 Å². The molecule has 0 aromatic heterocycles. The molecule has 0 saturated heterocycles. The van der Waals surface area contributed by atoms with Gasteiger partial charge in [-0.2, -0.15) is 0 Å². The van der Waals surface area contributed by atoms with Crippen LogP contribution in [0.3, 0.4) is 0 Å². The number of hydrogen-bond donors (Lipinski definition) is 1. The molecule has 0 radical (unpaired) electrons. The van der Waals surface area contributed by atoms with E-state index in [1.165, 1.54) is 11.8 Å². The number of hydrogen-bond acceptors (Lipinski definition) is 3. The molecule has 2 aromatic carbocycles. The SMILES string of the molecule is CC[C@H](C(=O)NC(C)(C)C)N(CCc1ccccc1)C(=O)CSCc1ccc(Cl)c(Cl)c1. The largest absolute Gasteiger partial charge is 0.350 e. The summed E-state index contributed by atoms with van der Waals surface area (Å²) in [5.41, 5.74) is 1.78. The molecule has 0 spiro atoms. The van der Waals surface area contributed by atoms with Crippen molar-refractivity contribution in [3.63, 3.8) is 0 Å². The first kappa shape index (κ1) is 26.6. The molecule has 0 aliphatic heterocycles. The molecule has 174 valence electrons. The fraction of sp³-hybridized carbons (Fsp3) is 0.440. The van der Waals surface area contributed by atoms with Crippen molar-refractivity contribution >= 4 is 46.8 Å². The summed E-state index contributed by atoms with van der Waals surface area (Å²) in [4.78, 5) is 27.9. The molecule has 0 aliphatic carbocycles. The zero-order valence-corrected chi connectivity index (χ0v) is 21.5. The zero-order valence-electron chi connectivity index (χ0n) is 19.2. The Kier molecular flexibility index (Phi) is 10.4. The second-order valence-corrected chi connectivity index (χ2v) is 10.5. The third-order valence-corrected chi connectivity index (χ3v) is 6.57. The van der Waals surface area contributed by atoms with E-state index in [1.54, 1.807) is 11.0 Å². The number of nitrogens with one attached hydrogen (secondary N) is 1. The zero-order chi connectivity index (χ0) is 23.7. The average molecular weight is 496 g/mol. The lowest BCUT2D eigenvalue weighted by atomic mass is 10.1. The van der Waals surface area contributed by atoms with Crippen molar-refractivity contribution in [1.82, 2.24) is 10.2 Å². The van der Waals surface area contributed by atoms with E-state index in [9.17, 15) is 9.59 Å². The third kappa shape index (κ3) is 8.68. The minimum absolute atomic E-state index is 0.0399. The van der Waals surface area contributed by atoms with Gasteiger partial charge in [-0.3, -0.25) is 9.59 Å². The molecule has 7 heteroatoms. The maximum absolute atomic E-state index is 13.2. The van der Waals surface area contributed by atoms with Gasteiger partial charge in [-0.15, -0.1) is 11.8 Å². The highest BCUT2D eigenvalue weighted by Gasteiger charge is 2.30. The monoisotopic (exact) mass is 494 g/mol. The number of rotatable bonds is 10. The van der Waals surface area contributed by atoms with E-state index in [-0.39, 0.29) is 23.1 Å². The molecule has 0 fully saturated rings. The molecular formula is C25H32Cl2N2O2S. The van der Waals surface area contributed by atoms with Crippen LogP contribution in [0.4, 0.5) is 0 Å². The Morgan fingerprint density at radius 2 is 1.72 bits per heavy atom. The van der Waals surface area contributed by atoms with Crippen LogP contribution < -0.4 is 5.32 Å². The van der Waals surface area contributed by atoms with Crippen LogP contribution in [0.1, 0.15) is 45.2 Å². The van der Waals surface area contributed by atoms with Gasteiger partial charge in [0, 0.05) is 17.8 Å². The first-order valence-electron chi connectivity index (χ1n) is 10.8. The molecule has 2 rings (SSSR count). The van der Waals surface area contributed by atoms with Crippen LogP contribution in [0.5, 0.6) is 0 Å². The maximum atomic E-state index is 13.2. The lowest BCUT2D eigenvalue weighted by Gasteiger charge is -2.33. The van der Waals surface area contributed by atoms with E-state index in [1.807, 2.05) is 70.2 Å². The maximum Gasteiger partial charge on any atom is 0.243 e. The predicted molar refractivity (Wildman–Crippen MR) is 136 cm³/mol. The van der Waals surface area contributed by atoms with Crippen LogP contribution in [0.25, 0.3) is 0 Å². The molecule has 32 heavy (non-hydrogen) atoms. The van der Waals surface area contributed by atoms with Crippen molar-refractivity contribution in [2.75, 3.05) is 12.3 Å². The van der Waals surface area contributed by atoms with Gasteiger partial charge in [-0.05, 0) is 56.9 Å². The molecule has 0 heterocycles. The Morgan fingerprint density at radius 1 is 1.03 bits per heavy atom. The second-order valence-electron chi connectivity index (χ2n) is 8.73. The van der Waals surface area contributed by atoms with Crippen LogP contribution in [0.2, 0.25) is 10.0 Å². The molecule has 0 bridgehead atoms. The van der Waals surface area contributed by atoms with Crippen molar-refractivity contribution in [2.45, 2.75) is 57.9 Å². The highest BCUT2D eigenvalue weighted by atomic mass is 35.5. The fourth-order valence-corrected chi connectivity index (χ4v) is 4.50. The molecule has 0 saturated carbocycles. The van der Waals surface area contributed by atoms with E-state index in [2.05, 4.69) is 5.32 Å². The Hall–Kier alpha value is -1.69. The quantitative estimate of drug-likeness (QED) is 0.441. The van der Waals surface area contributed by atoms with Gasteiger partial charge in [0.05, 0.1) is 15.8 Å². The smallest absolute Gasteiger partial charge is 0.243 e. The first-order valence-corrected chi connectivity index (χ1v) is 12.7. The summed E-state index contributed by atoms with van der Waals surface area (Å²) in [7, 11) is 0. The summed E-state index contributed by atoms with van der Waals surface area (Å²) in [6.45, 7) is 8.27.